The van der Waals surface area contributed by atoms with Crippen molar-refractivity contribution in [2.75, 3.05) is 18.5 Å². The van der Waals surface area contributed by atoms with E-state index in [0.29, 0.717) is 11.1 Å². The summed E-state index contributed by atoms with van der Waals surface area (Å²) in [6.45, 7) is 0.772. The third kappa shape index (κ3) is 4.96. The van der Waals surface area contributed by atoms with E-state index >= 15 is 0 Å². The molecule has 34 heavy (non-hydrogen) atoms. The Morgan fingerprint density at radius 2 is 1.62 bits per heavy atom. The van der Waals surface area contributed by atoms with E-state index in [-0.39, 0.29) is 22.8 Å². The molecule has 0 fully saturated rings. The lowest BCUT2D eigenvalue weighted by Gasteiger charge is -2.11. The third-order valence-electron chi connectivity index (χ3n) is 5.04. The van der Waals surface area contributed by atoms with Crippen molar-refractivity contribution in [3.05, 3.63) is 95.5 Å². The highest BCUT2D eigenvalue weighted by molar-refractivity contribution is 6.02. The number of carbonyl (C=O) groups is 3. The fourth-order valence-corrected chi connectivity index (χ4v) is 3.37. The number of hydrogen-bond donors (Lipinski definition) is 1. The molecule has 4 aromatic rings. The maximum atomic E-state index is 13.7. The molecule has 0 radical (unpaired) electrons. The maximum absolute atomic E-state index is 13.7. The van der Waals surface area contributed by atoms with Crippen LogP contribution < -0.4 is 10.1 Å². The molecule has 1 aromatic heterocycles. The zero-order chi connectivity index (χ0) is 24.1. The van der Waals surface area contributed by atoms with Crippen LogP contribution in [0.5, 0.6) is 5.75 Å². The number of furan rings is 1. The lowest BCUT2D eigenvalue weighted by Crippen LogP contribution is -2.22. The highest BCUT2D eigenvalue weighted by atomic mass is 19.1. The van der Waals surface area contributed by atoms with Crippen LogP contribution in [0.1, 0.15) is 26.5 Å². The van der Waals surface area contributed by atoms with Crippen molar-refractivity contribution in [1.82, 2.24) is 0 Å². The number of ether oxygens (including phenoxy) is 2. The number of Topliss-reactive ketones (excluding diaryl/α,β-unsaturated/α-hetero) is 1. The van der Waals surface area contributed by atoms with Gasteiger partial charge in [-0.25, -0.2) is 9.18 Å². The van der Waals surface area contributed by atoms with Crippen molar-refractivity contribution in [2.24, 2.45) is 0 Å². The number of rotatable bonds is 8. The van der Waals surface area contributed by atoms with Crippen molar-refractivity contribution >= 4 is 34.3 Å². The summed E-state index contributed by atoms with van der Waals surface area (Å²) in [4.78, 5) is 37.3. The summed E-state index contributed by atoms with van der Waals surface area (Å²) >= 11 is 0. The van der Waals surface area contributed by atoms with Gasteiger partial charge in [0.25, 0.3) is 5.91 Å². The van der Waals surface area contributed by atoms with E-state index in [0.717, 1.165) is 5.39 Å². The van der Waals surface area contributed by atoms with Crippen LogP contribution >= 0.6 is 0 Å². The molecule has 1 heterocycles. The van der Waals surface area contributed by atoms with Crippen molar-refractivity contribution in [3.8, 4) is 5.75 Å². The van der Waals surface area contributed by atoms with Crippen LogP contribution in [0.4, 0.5) is 10.1 Å². The van der Waals surface area contributed by atoms with Gasteiger partial charge in [-0.15, -0.1) is 0 Å². The highest BCUT2D eigenvalue weighted by Gasteiger charge is 2.21. The molecule has 172 valence electrons. The first kappa shape index (κ1) is 22.7. The second kappa shape index (κ2) is 9.99. The van der Waals surface area contributed by atoms with Crippen LogP contribution in [-0.4, -0.2) is 30.9 Å². The largest absolute Gasteiger partial charge is 0.483 e. The fraction of sp³-hybridized carbons (Fsp3) is 0.115. The molecule has 0 aliphatic heterocycles. The van der Waals surface area contributed by atoms with Gasteiger partial charge in [-0.05, 0) is 37.3 Å². The van der Waals surface area contributed by atoms with E-state index in [4.69, 9.17) is 13.9 Å². The predicted molar refractivity (Wildman–Crippen MR) is 123 cm³/mol. The number of anilines is 1. The average molecular weight is 461 g/mol. The first-order valence-electron chi connectivity index (χ1n) is 10.4. The van der Waals surface area contributed by atoms with Crippen LogP contribution in [0.15, 0.2) is 77.2 Å². The lowest BCUT2D eigenvalue weighted by molar-refractivity contribution is -0.118. The summed E-state index contributed by atoms with van der Waals surface area (Å²) in [5.74, 6) is -2.25. The normalized spacial score (nSPS) is 10.6. The van der Waals surface area contributed by atoms with Crippen LogP contribution in [0.3, 0.4) is 0 Å². The zero-order valence-corrected chi connectivity index (χ0v) is 18.2. The van der Waals surface area contributed by atoms with Gasteiger partial charge >= 0.3 is 5.97 Å². The Kier molecular flexibility index (Phi) is 6.68. The van der Waals surface area contributed by atoms with Crippen molar-refractivity contribution in [1.29, 1.82) is 0 Å². The molecule has 0 saturated carbocycles. The minimum atomic E-state index is -0.799. The van der Waals surface area contributed by atoms with Gasteiger partial charge in [0, 0.05) is 10.9 Å². The molecule has 0 aliphatic carbocycles. The molecular weight excluding hydrogens is 441 g/mol. The Morgan fingerprint density at radius 1 is 0.912 bits per heavy atom. The molecule has 7 nitrogen and oxygen atoms in total. The molecule has 0 saturated heterocycles. The second-order valence-corrected chi connectivity index (χ2v) is 7.36. The van der Waals surface area contributed by atoms with Gasteiger partial charge in [-0.1, -0.05) is 42.5 Å². The molecule has 0 unspecified atom stereocenters. The summed E-state index contributed by atoms with van der Waals surface area (Å²) in [5, 5.41) is 3.20. The molecule has 0 spiro atoms. The van der Waals surface area contributed by atoms with Gasteiger partial charge < -0.3 is 19.2 Å². The minimum Gasteiger partial charge on any atom is -0.483 e. The van der Waals surface area contributed by atoms with Crippen molar-refractivity contribution in [2.45, 2.75) is 6.92 Å². The summed E-state index contributed by atoms with van der Waals surface area (Å²) in [6, 6.07) is 19.1. The quantitative estimate of drug-likeness (QED) is 0.295. The van der Waals surface area contributed by atoms with E-state index in [1.165, 1.54) is 30.3 Å². The van der Waals surface area contributed by atoms with Crippen molar-refractivity contribution in [3.63, 3.8) is 0 Å². The van der Waals surface area contributed by atoms with E-state index in [1.54, 1.807) is 37.3 Å². The molecule has 0 bridgehead atoms. The SMILES string of the molecule is Cc1c(C(=O)COC(=O)c2ccccc2OCC(=O)Nc2ccccc2F)oc2ccccc12. The first-order valence-corrected chi connectivity index (χ1v) is 10.4. The van der Waals surface area contributed by atoms with Crippen LogP contribution in [0.2, 0.25) is 0 Å². The van der Waals surface area contributed by atoms with Crippen LogP contribution in [-0.2, 0) is 9.53 Å². The van der Waals surface area contributed by atoms with E-state index < -0.39 is 36.7 Å². The van der Waals surface area contributed by atoms with E-state index in [1.807, 2.05) is 12.1 Å². The van der Waals surface area contributed by atoms with Gasteiger partial charge in [0.05, 0.1) is 5.69 Å². The summed E-state index contributed by atoms with van der Waals surface area (Å²) < 4.78 is 29.9. The number of benzene rings is 3. The number of amides is 1. The highest BCUT2D eigenvalue weighted by Crippen LogP contribution is 2.25. The molecule has 1 amide bonds. The number of nitrogens with one attached hydrogen (secondary N) is 1. The number of esters is 1. The molecule has 1 N–H and O–H groups in total. The van der Waals surface area contributed by atoms with Crippen LogP contribution in [0, 0.1) is 12.7 Å². The number of ketones is 1. The minimum absolute atomic E-state index is 0.0168. The topological polar surface area (TPSA) is 94.8 Å². The number of aryl methyl sites for hydroxylation is 1. The zero-order valence-electron chi connectivity index (χ0n) is 18.2. The molecule has 3 aromatic carbocycles. The molecular formula is C26H20FNO6. The molecule has 4 rings (SSSR count). The monoisotopic (exact) mass is 461 g/mol. The van der Waals surface area contributed by atoms with Gasteiger partial charge in [0.1, 0.15) is 22.7 Å². The van der Waals surface area contributed by atoms with Crippen LogP contribution in [0.25, 0.3) is 11.0 Å². The average Bonchev–Trinajstić information content (AvgIpc) is 3.19. The maximum Gasteiger partial charge on any atom is 0.342 e. The third-order valence-corrected chi connectivity index (χ3v) is 5.04. The Labute approximate surface area is 194 Å². The van der Waals surface area contributed by atoms with Gasteiger partial charge in [-0.2, -0.15) is 0 Å². The Bertz CT molecular complexity index is 1380. The molecule has 8 heteroatoms. The number of halogens is 1. The Balaban J connectivity index is 1.38. The van der Waals surface area contributed by atoms with E-state index in [9.17, 15) is 18.8 Å². The number of carbonyl (C=O) groups excluding carboxylic acids is 3. The summed E-state index contributed by atoms with van der Waals surface area (Å²) in [5.41, 5.74) is 1.29. The fourth-order valence-electron chi connectivity index (χ4n) is 3.37. The molecule has 0 atom stereocenters. The smallest absolute Gasteiger partial charge is 0.342 e. The van der Waals surface area contributed by atoms with Gasteiger partial charge in [0.15, 0.2) is 19.0 Å². The van der Waals surface area contributed by atoms with Gasteiger partial charge in [-0.3, -0.25) is 9.59 Å². The van der Waals surface area contributed by atoms with Gasteiger partial charge in [0.2, 0.25) is 5.78 Å². The summed E-state index contributed by atoms with van der Waals surface area (Å²) in [7, 11) is 0. The first-order chi connectivity index (χ1) is 16.4. The van der Waals surface area contributed by atoms with E-state index in [2.05, 4.69) is 5.32 Å². The Morgan fingerprint density at radius 3 is 2.41 bits per heavy atom. The second-order valence-electron chi connectivity index (χ2n) is 7.36. The number of fused-ring (bicyclic) bond motifs is 1. The summed E-state index contributed by atoms with van der Waals surface area (Å²) in [6.07, 6.45) is 0. The number of hydrogen-bond acceptors (Lipinski definition) is 6. The van der Waals surface area contributed by atoms with Crippen molar-refractivity contribution < 1.29 is 32.7 Å². The standard InChI is InChI=1S/C26H20FNO6/c1-16-17-8-2-7-13-23(17)34-25(16)21(29)14-33-26(31)18-9-3-6-12-22(18)32-15-24(30)28-20-11-5-4-10-19(20)27/h2-13H,14-15H2,1H3,(H,28,30). The Hall–Kier alpha value is -4.46. The predicted octanol–water partition coefficient (Wildman–Crippen LogP) is 4.94. The number of para-hydroxylation sites is 3. The lowest BCUT2D eigenvalue weighted by atomic mass is 10.1. The molecule has 0 aliphatic rings.